The number of aryl methyl sites for hydroxylation is 2. The van der Waals surface area contributed by atoms with Gasteiger partial charge in [0, 0.05) is 10.4 Å². The first-order valence-electron chi connectivity index (χ1n) is 7.67. The number of aromatic amines is 1. The maximum atomic E-state index is 12.3. The lowest BCUT2D eigenvalue weighted by Crippen LogP contribution is -2.18. The Bertz CT molecular complexity index is 947. The smallest absolute Gasteiger partial charge is 0.281 e. The highest BCUT2D eigenvalue weighted by atomic mass is 79.9. The number of rotatable bonds is 2. The zero-order valence-electron chi connectivity index (χ0n) is 12.9. The molecule has 4 rings (SSSR count). The second kappa shape index (κ2) is 5.26. The van der Waals surface area contributed by atoms with Gasteiger partial charge < -0.3 is 4.98 Å². The Morgan fingerprint density at radius 3 is 2.52 bits per heavy atom. The van der Waals surface area contributed by atoms with Crippen LogP contribution in [0, 0.1) is 13.8 Å². The van der Waals surface area contributed by atoms with Crippen molar-refractivity contribution in [2.24, 2.45) is 0 Å². The Balaban J connectivity index is 1.89. The van der Waals surface area contributed by atoms with Crippen LogP contribution in [-0.4, -0.2) is 25.0 Å². The van der Waals surface area contributed by atoms with Crippen LogP contribution in [0.15, 0.2) is 21.4 Å². The van der Waals surface area contributed by atoms with Crippen LogP contribution in [0.5, 0.6) is 0 Å². The molecule has 0 bridgehead atoms. The Morgan fingerprint density at radius 1 is 1.22 bits per heavy atom. The second-order valence-electron chi connectivity index (χ2n) is 6.13. The number of halogens is 1. The van der Waals surface area contributed by atoms with Gasteiger partial charge in [-0.05, 0) is 49.9 Å². The molecule has 118 valence electrons. The van der Waals surface area contributed by atoms with E-state index in [4.69, 9.17) is 0 Å². The molecule has 6 nitrogen and oxygen atoms in total. The lowest BCUT2D eigenvalue weighted by atomic mass is 9.85. The average molecular weight is 374 g/mol. The van der Waals surface area contributed by atoms with E-state index in [0.717, 1.165) is 40.0 Å². The van der Waals surface area contributed by atoms with Crippen LogP contribution >= 0.6 is 15.9 Å². The molecule has 2 aromatic heterocycles. The summed E-state index contributed by atoms with van der Waals surface area (Å²) in [5.74, 6) is 1.10. The molecule has 2 heterocycles. The minimum Gasteiger partial charge on any atom is -0.308 e. The molecule has 3 aromatic rings. The minimum absolute atomic E-state index is 0.212. The first-order chi connectivity index (χ1) is 11.0. The highest BCUT2D eigenvalue weighted by Crippen LogP contribution is 2.34. The van der Waals surface area contributed by atoms with Gasteiger partial charge in [0.05, 0.1) is 5.69 Å². The van der Waals surface area contributed by atoms with Crippen molar-refractivity contribution in [2.75, 3.05) is 0 Å². The molecular formula is C16H16BrN5O. The van der Waals surface area contributed by atoms with Crippen LogP contribution in [0.3, 0.4) is 0 Å². The molecule has 0 saturated heterocycles. The summed E-state index contributed by atoms with van der Waals surface area (Å²) in [5, 5.41) is 8.82. The molecule has 1 aliphatic rings. The standard InChI is InChI=1S/C16H16BrN5O/c1-8-6-11(17)7-9(2)13(8)22-20-12-15(21-22)18-14(19-16(12)23)10-4-3-5-10/h6-7,10H,3-5H2,1-2H3,(H,18,19,21,23). The predicted octanol–water partition coefficient (Wildman–Crippen LogP) is 3.15. The van der Waals surface area contributed by atoms with E-state index in [1.54, 1.807) is 0 Å². The van der Waals surface area contributed by atoms with Crippen molar-refractivity contribution in [3.05, 3.63) is 43.9 Å². The molecule has 1 fully saturated rings. The lowest BCUT2D eigenvalue weighted by Gasteiger charge is -2.23. The van der Waals surface area contributed by atoms with Gasteiger partial charge in [-0.1, -0.05) is 22.4 Å². The Labute approximate surface area is 141 Å². The summed E-state index contributed by atoms with van der Waals surface area (Å²) in [6, 6.07) is 4.02. The summed E-state index contributed by atoms with van der Waals surface area (Å²) in [6.45, 7) is 4.00. The van der Waals surface area contributed by atoms with Crippen molar-refractivity contribution in [3.63, 3.8) is 0 Å². The number of nitrogens with zero attached hydrogens (tertiary/aromatic N) is 4. The molecule has 1 aromatic carbocycles. The fourth-order valence-electron chi connectivity index (χ4n) is 3.03. The minimum atomic E-state index is -0.212. The fraction of sp³-hybridized carbons (Fsp3) is 0.375. The third-order valence-electron chi connectivity index (χ3n) is 4.43. The van der Waals surface area contributed by atoms with Gasteiger partial charge in [0.1, 0.15) is 5.82 Å². The number of hydrogen-bond donors (Lipinski definition) is 1. The summed E-state index contributed by atoms with van der Waals surface area (Å²) < 4.78 is 1.01. The molecule has 23 heavy (non-hydrogen) atoms. The van der Waals surface area contributed by atoms with Gasteiger partial charge in [-0.2, -0.15) is 0 Å². The summed E-state index contributed by atoms with van der Waals surface area (Å²) in [5.41, 5.74) is 3.44. The molecule has 1 aliphatic carbocycles. The van der Waals surface area contributed by atoms with Crippen LogP contribution in [0.1, 0.15) is 42.1 Å². The van der Waals surface area contributed by atoms with Crippen LogP contribution < -0.4 is 5.56 Å². The van der Waals surface area contributed by atoms with E-state index in [9.17, 15) is 4.79 Å². The molecule has 0 atom stereocenters. The number of hydrogen-bond acceptors (Lipinski definition) is 4. The second-order valence-corrected chi connectivity index (χ2v) is 7.04. The van der Waals surface area contributed by atoms with E-state index in [1.807, 2.05) is 26.0 Å². The van der Waals surface area contributed by atoms with E-state index in [2.05, 4.69) is 36.1 Å². The van der Waals surface area contributed by atoms with Gasteiger partial charge in [-0.15, -0.1) is 15.0 Å². The number of nitrogens with one attached hydrogen (secondary N) is 1. The molecular weight excluding hydrogens is 358 g/mol. The maximum Gasteiger partial charge on any atom is 0.281 e. The van der Waals surface area contributed by atoms with Crippen LogP contribution in [0.4, 0.5) is 0 Å². The third-order valence-corrected chi connectivity index (χ3v) is 4.88. The molecule has 0 amide bonds. The Kier molecular flexibility index (Phi) is 3.33. The third kappa shape index (κ3) is 2.39. The SMILES string of the molecule is Cc1cc(Br)cc(C)c1-n1nc2nc(C3CCC3)[nH]c(=O)c2n1. The molecule has 0 radical (unpaired) electrons. The highest BCUT2D eigenvalue weighted by Gasteiger charge is 2.24. The monoisotopic (exact) mass is 373 g/mol. The summed E-state index contributed by atoms with van der Waals surface area (Å²) in [7, 11) is 0. The number of H-pyrrole nitrogens is 1. The van der Waals surface area contributed by atoms with Crippen molar-refractivity contribution >= 4 is 27.1 Å². The first-order valence-corrected chi connectivity index (χ1v) is 8.46. The highest BCUT2D eigenvalue weighted by molar-refractivity contribution is 9.10. The van der Waals surface area contributed by atoms with Crippen molar-refractivity contribution in [1.29, 1.82) is 0 Å². The zero-order chi connectivity index (χ0) is 16.1. The summed E-state index contributed by atoms with van der Waals surface area (Å²) >= 11 is 3.49. The van der Waals surface area contributed by atoms with Crippen LogP contribution in [0.25, 0.3) is 16.9 Å². The van der Waals surface area contributed by atoms with Crippen LogP contribution in [-0.2, 0) is 0 Å². The fourth-order valence-corrected chi connectivity index (χ4v) is 3.72. The topological polar surface area (TPSA) is 76.5 Å². The molecule has 7 heteroatoms. The van der Waals surface area contributed by atoms with Gasteiger partial charge in [-0.25, -0.2) is 4.98 Å². The normalized spacial score (nSPS) is 15.1. The number of fused-ring (bicyclic) bond motifs is 1. The number of aromatic nitrogens is 5. The van der Waals surface area contributed by atoms with Crippen molar-refractivity contribution in [1.82, 2.24) is 25.0 Å². The first kappa shape index (κ1) is 14.6. The van der Waals surface area contributed by atoms with E-state index >= 15 is 0 Å². The van der Waals surface area contributed by atoms with Gasteiger partial charge in [0.25, 0.3) is 5.56 Å². The van der Waals surface area contributed by atoms with Crippen molar-refractivity contribution in [2.45, 2.75) is 39.0 Å². The summed E-state index contributed by atoms with van der Waals surface area (Å²) in [4.78, 5) is 21.2. The van der Waals surface area contributed by atoms with Crippen LogP contribution in [0.2, 0.25) is 0 Å². The van der Waals surface area contributed by atoms with Crippen molar-refractivity contribution < 1.29 is 0 Å². The molecule has 0 unspecified atom stereocenters. The summed E-state index contributed by atoms with van der Waals surface area (Å²) in [6.07, 6.45) is 3.34. The number of benzene rings is 1. The van der Waals surface area contributed by atoms with Gasteiger partial charge in [0.2, 0.25) is 5.65 Å². The van der Waals surface area contributed by atoms with Crippen molar-refractivity contribution in [3.8, 4) is 5.69 Å². The van der Waals surface area contributed by atoms with Gasteiger partial charge in [0.15, 0.2) is 5.52 Å². The quantitative estimate of drug-likeness (QED) is 0.748. The lowest BCUT2D eigenvalue weighted by molar-refractivity contribution is 0.401. The Hall–Kier alpha value is -2.02. The Morgan fingerprint density at radius 2 is 1.91 bits per heavy atom. The maximum absolute atomic E-state index is 12.3. The van der Waals surface area contributed by atoms with Gasteiger partial charge in [-0.3, -0.25) is 4.79 Å². The molecule has 0 spiro atoms. The molecule has 1 N–H and O–H groups in total. The molecule has 1 saturated carbocycles. The van der Waals surface area contributed by atoms with E-state index in [1.165, 1.54) is 11.2 Å². The molecule has 0 aliphatic heterocycles. The average Bonchev–Trinajstić information content (AvgIpc) is 2.79. The van der Waals surface area contributed by atoms with Gasteiger partial charge >= 0.3 is 0 Å². The van der Waals surface area contributed by atoms with E-state index < -0.39 is 0 Å². The largest absolute Gasteiger partial charge is 0.308 e. The van der Waals surface area contributed by atoms with E-state index in [-0.39, 0.29) is 11.1 Å². The zero-order valence-corrected chi connectivity index (χ0v) is 14.5. The predicted molar refractivity (Wildman–Crippen MR) is 91.0 cm³/mol. The van der Waals surface area contributed by atoms with E-state index in [0.29, 0.717) is 11.6 Å².